The number of nitrogens with one attached hydrogen (secondary N) is 1. The van der Waals surface area contributed by atoms with E-state index in [2.05, 4.69) is 40.1 Å². The third-order valence-corrected chi connectivity index (χ3v) is 4.94. The Balaban J connectivity index is 2.64. The summed E-state index contributed by atoms with van der Waals surface area (Å²) in [4.78, 5) is 0. The van der Waals surface area contributed by atoms with Gasteiger partial charge in [-0.3, -0.25) is 0 Å². The van der Waals surface area contributed by atoms with Gasteiger partial charge in [0.05, 0.1) is 0 Å². The van der Waals surface area contributed by atoms with Crippen LogP contribution in [0, 0.1) is 17.3 Å². The highest BCUT2D eigenvalue weighted by Crippen LogP contribution is 2.47. The van der Waals surface area contributed by atoms with E-state index >= 15 is 0 Å². The van der Waals surface area contributed by atoms with Crippen LogP contribution >= 0.6 is 0 Å². The lowest BCUT2D eigenvalue weighted by Crippen LogP contribution is -2.43. The first-order chi connectivity index (χ1) is 6.54. The average molecular weight is 197 g/mol. The molecule has 0 amide bonds. The van der Waals surface area contributed by atoms with Crippen LogP contribution in [-0.4, -0.2) is 13.1 Å². The topological polar surface area (TPSA) is 12.0 Å². The highest BCUT2D eigenvalue weighted by molar-refractivity contribution is 4.91. The maximum atomic E-state index is 3.43. The Bertz CT molecular complexity index is 178. The van der Waals surface area contributed by atoms with E-state index in [4.69, 9.17) is 0 Å². The summed E-state index contributed by atoms with van der Waals surface area (Å²) in [5.74, 6) is 1.74. The van der Waals surface area contributed by atoms with E-state index in [0.29, 0.717) is 5.41 Å². The van der Waals surface area contributed by atoms with E-state index in [0.717, 1.165) is 17.9 Å². The Morgan fingerprint density at radius 3 is 2.57 bits per heavy atom. The van der Waals surface area contributed by atoms with Crippen molar-refractivity contribution in [1.82, 2.24) is 5.32 Å². The lowest BCUT2D eigenvalue weighted by Gasteiger charge is -2.47. The Hall–Kier alpha value is -0.0400. The van der Waals surface area contributed by atoms with Crippen molar-refractivity contribution < 1.29 is 0 Å². The van der Waals surface area contributed by atoms with Crippen LogP contribution in [0.2, 0.25) is 0 Å². The highest BCUT2D eigenvalue weighted by Gasteiger charge is 2.39. The summed E-state index contributed by atoms with van der Waals surface area (Å²) < 4.78 is 0. The second kappa shape index (κ2) is 4.65. The normalized spacial score (nSPS) is 40.9. The molecule has 14 heavy (non-hydrogen) atoms. The van der Waals surface area contributed by atoms with Crippen molar-refractivity contribution in [1.29, 1.82) is 0 Å². The van der Waals surface area contributed by atoms with Gasteiger partial charge in [0.1, 0.15) is 0 Å². The summed E-state index contributed by atoms with van der Waals surface area (Å²) in [5.41, 5.74) is 0.585. The molecule has 0 aromatic rings. The van der Waals surface area contributed by atoms with Crippen molar-refractivity contribution in [3.63, 3.8) is 0 Å². The molecule has 1 nitrogen and oxygen atoms in total. The first kappa shape index (κ1) is 12.0. The van der Waals surface area contributed by atoms with Crippen LogP contribution in [0.5, 0.6) is 0 Å². The fourth-order valence-electron chi connectivity index (χ4n) is 3.01. The van der Waals surface area contributed by atoms with Crippen LogP contribution in [0.3, 0.4) is 0 Å². The molecule has 0 saturated heterocycles. The van der Waals surface area contributed by atoms with E-state index in [-0.39, 0.29) is 0 Å². The van der Waals surface area contributed by atoms with Crippen molar-refractivity contribution in [2.24, 2.45) is 17.3 Å². The summed E-state index contributed by atoms with van der Waals surface area (Å²) in [6.45, 7) is 9.69. The summed E-state index contributed by atoms with van der Waals surface area (Å²) in [6, 6.07) is 0.766. The third-order valence-electron chi connectivity index (χ3n) is 4.94. The van der Waals surface area contributed by atoms with Crippen molar-refractivity contribution >= 4 is 0 Å². The minimum Gasteiger partial charge on any atom is -0.317 e. The van der Waals surface area contributed by atoms with E-state index in [1.54, 1.807) is 0 Å². The molecule has 1 aliphatic rings. The molecular weight excluding hydrogens is 170 g/mol. The first-order valence-corrected chi connectivity index (χ1v) is 6.21. The number of hydrogen-bond donors (Lipinski definition) is 1. The third kappa shape index (κ3) is 2.13. The standard InChI is InChI=1S/C13H27N/c1-6-10(2)13(4)8-7-12(14-5)9-11(13)3/h10-12,14H,6-9H2,1-5H3. The highest BCUT2D eigenvalue weighted by atomic mass is 14.9. The van der Waals surface area contributed by atoms with Gasteiger partial charge in [-0.15, -0.1) is 0 Å². The van der Waals surface area contributed by atoms with Gasteiger partial charge in [-0.2, -0.15) is 0 Å². The van der Waals surface area contributed by atoms with Crippen LogP contribution in [-0.2, 0) is 0 Å². The van der Waals surface area contributed by atoms with Gasteiger partial charge in [0, 0.05) is 6.04 Å². The summed E-state index contributed by atoms with van der Waals surface area (Å²) in [7, 11) is 2.10. The molecule has 1 aliphatic carbocycles. The largest absolute Gasteiger partial charge is 0.317 e. The van der Waals surface area contributed by atoms with Crippen molar-refractivity contribution in [2.75, 3.05) is 7.05 Å². The minimum absolute atomic E-state index is 0.585. The van der Waals surface area contributed by atoms with Gasteiger partial charge in [-0.1, -0.05) is 34.1 Å². The maximum Gasteiger partial charge on any atom is 0.00670 e. The quantitative estimate of drug-likeness (QED) is 0.731. The summed E-state index contributed by atoms with van der Waals surface area (Å²) in [6.07, 6.45) is 5.44. The fraction of sp³-hybridized carbons (Fsp3) is 1.00. The number of hydrogen-bond acceptors (Lipinski definition) is 1. The van der Waals surface area contributed by atoms with Gasteiger partial charge >= 0.3 is 0 Å². The van der Waals surface area contributed by atoms with Gasteiger partial charge in [0.2, 0.25) is 0 Å². The van der Waals surface area contributed by atoms with Gasteiger partial charge < -0.3 is 5.32 Å². The summed E-state index contributed by atoms with van der Waals surface area (Å²) >= 11 is 0. The average Bonchev–Trinajstić information content (AvgIpc) is 2.21. The monoisotopic (exact) mass is 197 g/mol. The molecule has 0 aromatic heterocycles. The van der Waals surface area contributed by atoms with Gasteiger partial charge in [0.15, 0.2) is 0 Å². The first-order valence-electron chi connectivity index (χ1n) is 6.21. The predicted octanol–water partition coefficient (Wildman–Crippen LogP) is 3.45. The smallest absolute Gasteiger partial charge is 0.00670 e. The molecule has 1 fully saturated rings. The lowest BCUT2D eigenvalue weighted by atomic mass is 9.60. The van der Waals surface area contributed by atoms with Crippen molar-refractivity contribution in [3.05, 3.63) is 0 Å². The van der Waals surface area contributed by atoms with Crippen molar-refractivity contribution in [2.45, 2.75) is 59.4 Å². The van der Waals surface area contributed by atoms with Gasteiger partial charge in [-0.05, 0) is 43.6 Å². The van der Waals surface area contributed by atoms with Gasteiger partial charge in [-0.25, -0.2) is 0 Å². The molecule has 1 saturated carbocycles. The molecule has 0 aromatic carbocycles. The molecule has 0 spiro atoms. The number of rotatable bonds is 3. The van der Waals surface area contributed by atoms with E-state index in [9.17, 15) is 0 Å². The summed E-state index contributed by atoms with van der Waals surface area (Å²) in [5, 5.41) is 3.43. The molecule has 4 unspecified atom stereocenters. The van der Waals surface area contributed by atoms with Gasteiger partial charge in [0.25, 0.3) is 0 Å². The molecule has 1 N–H and O–H groups in total. The van der Waals surface area contributed by atoms with Crippen LogP contribution in [0.25, 0.3) is 0 Å². The van der Waals surface area contributed by atoms with E-state index in [1.807, 2.05) is 0 Å². The molecule has 4 atom stereocenters. The maximum absolute atomic E-state index is 3.43. The zero-order valence-electron chi connectivity index (χ0n) is 10.6. The Kier molecular flexibility index (Phi) is 4.00. The van der Waals surface area contributed by atoms with Crippen LogP contribution in [0.4, 0.5) is 0 Å². The molecule has 1 heteroatoms. The van der Waals surface area contributed by atoms with Crippen LogP contribution < -0.4 is 5.32 Å². The fourth-order valence-corrected chi connectivity index (χ4v) is 3.01. The molecule has 0 heterocycles. The Morgan fingerprint density at radius 2 is 2.14 bits per heavy atom. The predicted molar refractivity (Wildman–Crippen MR) is 63.4 cm³/mol. The van der Waals surface area contributed by atoms with Crippen LogP contribution in [0.15, 0.2) is 0 Å². The Labute approximate surface area is 89.7 Å². The molecule has 1 rings (SSSR count). The Morgan fingerprint density at radius 1 is 1.50 bits per heavy atom. The minimum atomic E-state index is 0.585. The molecule has 0 aliphatic heterocycles. The van der Waals surface area contributed by atoms with E-state index < -0.39 is 0 Å². The van der Waals surface area contributed by atoms with Crippen LogP contribution in [0.1, 0.15) is 53.4 Å². The van der Waals surface area contributed by atoms with Crippen molar-refractivity contribution in [3.8, 4) is 0 Å². The lowest BCUT2D eigenvalue weighted by molar-refractivity contribution is 0.0471. The second-order valence-corrected chi connectivity index (χ2v) is 5.48. The molecular formula is C13H27N. The van der Waals surface area contributed by atoms with E-state index in [1.165, 1.54) is 25.7 Å². The zero-order valence-corrected chi connectivity index (χ0v) is 10.6. The second-order valence-electron chi connectivity index (χ2n) is 5.48. The SMILES string of the molecule is CCC(C)C1(C)CCC(NC)CC1C. The molecule has 84 valence electrons. The molecule has 0 radical (unpaired) electrons. The molecule has 0 bridgehead atoms. The zero-order chi connectivity index (χ0) is 10.8.